The van der Waals surface area contributed by atoms with Crippen LogP contribution in [0.5, 0.6) is 0 Å². The molecule has 2 aromatic rings. The fourth-order valence-corrected chi connectivity index (χ4v) is 3.95. The lowest BCUT2D eigenvalue weighted by molar-refractivity contribution is -0.105. The van der Waals surface area contributed by atoms with E-state index in [2.05, 4.69) is 20.3 Å². The third-order valence-corrected chi connectivity index (χ3v) is 4.97. The number of nitrogens with zero attached hydrogens (tertiary/aromatic N) is 3. The molecular weight excluding hydrogens is 334 g/mol. The van der Waals surface area contributed by atoms with Crippen molar-refractivity contribution in [3.05, 3.63) is 34.1 Å². The van der Waals surface area contributed by atoms with E-state index >= 15 is 0 Å². The van der Waals surface area contributed by atoms with Crippen molar-refractivity contribution in [2.45, 2.75) is 51.3 Å². The Bertz CT molecular complexity index is 944. The summed E-state index contributed by atoms with van der Waals surface area (Å²) in [6, 6.07) is 1.83. The van der Waals surface area contributed by atoms with Crippen molar-refractivity contribution in [1.82, 2.24) is 25.2 Å². The van der Waals surface area contributed by atoms with E-state index in [9.17, 15) is 9.59 Å². The van der Waals surface area contributed by atoms with Crippen LogP contribution in [0.1, 0.15) is 38.7 Å². The first-order valence-corrected chi connectivity index (χ1v) is 8.80. The Morgan fingerprint density at radius 1 is 1.42 bits per heavy atom. The molecule has 2 N–H and O–H groups in total. The number of aryl methyl sites for hydroxylation is 1. The zero-order valence-electron chi connectivity index (χ0n) is 15.4. The highest BCUT2D eigenvalue weighted by Crippen LogP contribution is 2.47. The minimum absolute atomic E-state index is 0.0746. The smallest absolute Gasteiger partial charge is 0.411 e. The van der Waals surface area contributed by atoms with Gasteiger partial charge < -0.3 is 15.0 Å². The molecule has 26 heavy (non-hydrogen) atoms. The lowest BCUT2D eigenvalue weighted by Gasteiger charge is -2.61. The van der Waals surface area contributed by atoms with Crippen LogP contribution in [0.2, 0.25) is 0 Å². The molecule has 1 amide bonds. The molecule has 0 aromatic carbocycles. The summed E-state index contributed by atoms with van der Waals surface area (Å²) in [5.74, 6) is 0.550. The average Bonchev–Trinajstić information content (AvgIpc) is 2.52. The van der Waals surface area contributed by atoms with Gasteiger partial charge in [-0.05, 0) is 40.2 Å². The fraction of sp³-hybridized carbons (Fsp3) is 0.556. The van der Waals surface area contributed by atoms with Gasteiger partial charge in [0.2, 0.25) is 0 Å². The number of carbonyl (C=O) groups is 1. The molecule has 3 saturated heterocycles. The summed E-state index contributed by atoms with van der Waals surface area (Å²) in [4.78, 5) is 38.5. The molecule has 3 aliphatic rings. The quantitative estimate of drug-likeness (QED) is 0.801. The zero-order chi connectivity index (χ0) is 18.7. The van der Waals surface area contributed by atoms with Crippen LogP contribution in [-0.2, 0) is 10.3 Å². The summed E-state index contributed by atoms with van der Waals surface area (Å²) in [7, 11) is 0. The zero-order valence-corrected chi connectivity index (χ0v) is 15.4. The molecule has 5 rings (SSSR count). The summed E-state index contributed by atoms with van der Waals surface area (Å²) >= 11 is 0. The van der Waals surface area contributed by atoms with Crippen molar-refractivity contribution in [3.63, 3.8) is 0 Å². The SMILES string of the molecule is Cc1nc2cnc(C34CNCC(C3)N4C(=O)OC(C)(C)C)cc2c(=O)[nH]1. The van der Waals surface area contributed by atoms with Crippen LogP contribution in [0.4, 0.5) is 4.79 Å². The highest BCUT2D eigenvalue weighted by Gasteiger charge is 2.59. The maximum absolute atomic E-state index is 12.8. The molecule has 2 aromatic heterocycles. The molecule has 2 atom stereocenters. The number of rotatable bonds is 1. The monoisotopic (exact) mass is 357 g/mol. The highest BCUT2D eigenvalue weighted by atomic mass is 16.6. The molecule has 3 fully saturated rings. The molecule has 8 nitrogen and oxygen atoms in total. The third kappa shape index (κ3) is 2.56. The molecule has 5 heterocycles. The molecule has 3 aliphatic heterocycles. The van der Waals surface area contributed by atoms with Gasteiger partial charge in [0.05, 0.1) is 28.8 Å². The van der Waals surface area contributed by atoms with E-state index in [1.807, 2.05) is 20.8 Å². The normalized spacial score (nSPS) is 25.1. The second-order valence-electron chi connectivity index (χ2n) is 8.11. The predicted octanol–water partition coefficient (Wildman–Crippen LogP) is 1.43. The van der Waals surface area contributed by atoms with Crippen LogP contribution in [0.15, 0.2) is 17.1 Å². The van der Waals surface area contributed by atoms with Crippen molar-refractivity contribution < 1.29 is 9.53 Å². The lowest BCUT2D eigenvalue weighted by Crippen LogP contribution is -2.76. The lowest BCUT2D eigenvalue weighted by atomic mass is 9.72. The van der Waals surface area contributed by atoms with Gasteiger partial charge in [-0.1, -0.05) is 0 Å². The summed E-state index contributed by atoms with van der Waals surface area (Å²) < 4.78 is 5.60. The van der Waals surface area contributed by atoms with Crippen molar-refractivity contribution >= 4 is 17.0 Å². The summed E-state index contributed by atoms with van der Waals surface area (Å²) in [6.07, 6.45) is 2.07. The molecule has 138 valence electrons. The predicted molar refractivity (Wildman–Crippen MR) is 95.9 cm³/mol. The number of amides is 1. The maximum Gasteiger partial charge on any atom is 0.411 e. The van der Waals surface area contributed by atoms with Crippen LogP contribution < -0.4 is 10.9 Å². The van der Waals surface area contributed by atoms with E-state index in [1.165, 1.54) is 0 Å². The Balaban J connectivity index is 1.76. The first kappa shape index (κ1) is 17.0. The van der Waals surface area contributed by atoms with Crippen LogP contribution in [-0.4, -0.2) is 50.7 Å². The minimum Gasteiger partial charge on any atom is -0.444 e. The topological polar surface area (TPSA) is 100 Å². The van der Waals surface area contributed by atoms with Crippen molar-refractivity contribution in [2.24, 2.45) is 0 Å². The van der Waals surface area contributed by atoms with E-state index < -0.39 is 11.1 Å². The number of piperidine rings is 1. The van der Waals surface area contributed by atoms with Crippen LogP contribution in [0, 0.1) is 6.92 Å². The number of aromatic nitrogens is 3. The third-order valence-electron chi connectivity index (χ3n) is 4.97. The van der Waals surface area contributed by atoms with Gasteiger partial charge in [0, 0.05) is 13.1 Å². The van der Waals surface area contributed by atoms with Crippen molar-refractivity contribution in [3.8, 4) is 0 Å². The van der Waals surface area contributed by atoms with Gasteiger partial charge in [0.1, 0.15) is 17.0 Å². The molecule has 0 spiro atoms. The molecule has 0 saturated carbocycles. The van der Waals surface area contributed by atoms with Crippen LogP contribution in [0.25, 0.3) is 10.9 Å². The summed E-state index contributed by atoms with van der Waals surface area (Å²) in [5.41, 5.74) is -0.108. The van der Waals surface area contributed by atoms with Crippen LogP contribution >= 0.6 is 0 Å². The van der Waals surface area contributed by atoms with Crippen LogP contribution in [0.3, 0.4) is 0 Å². The van der Waals surface area contributed by atoms with Crippen molar-refractivity contribution in [2.75, 3.05) is 13.1 Å². The van der Waals surface area contributed by atoms with Gasteiger partial charge in [-0.15, -0.1) is 0 Å². The summed E-state index contributed by atoms with van der Waals surface area (Å²) in [5, 5.41) is 3.83. The largest absolute Gasteiger partial charge is 0.444 e. The van der Waals surface area contributed by atoms with Gasteiger partial charge in [0.25, 0.3) is 5.56 Å². The second kappa shape index (κ2) is 5.51. The molecule has 0 radical (unpaired) electrons. The number of nitrogens with one attached hydrogen (secondary N) is 2. The van der Waals surface area contributed by atoms with E-state index in [-0.39, 0.29) is 17.7 Å². The number of fused-ring (bicyclic) bond motifs is 3. The minimum atomic E-state index is -0.587. The van der Waals surface area contributed by atoms with Gasteiger partial charge >= 0.3 is 6.09 Å². The molecule has 0 aliphatic carbocycles. The van der Waals surface area contributed by atoms with Gasteiger partial charge in [-0.25, -0.2) is 9.78 Å². The Kier molecular flexibility index (Phi) is 3.59. The number of ether oxygens (including phenoxy) is 1. The number of hydrogen-bond acceptors (Lipinski definition) is 6. The molecule has 2 unspecified atom stereocenters. The number of hydrogen-bond donors (Lipinski definition) is 2. The standard InChI is InChI=1S/C18H23N5O3/c1-10-21-13-8-20-14(5-12(13)15(24)22-10)18-6-11(7-19-9-18)23(18)16(25)26-17(2,3)4/h5,8,11,19H,6-7,9H2,1-4H3,(H,21,22,24). The van der Waals surface area contributed by atoms with Gasteiger partial charge in [-0.2, -0.15) is 0 Å². The fourth-order valence-electron chi connectivity index (χ4n) is 3.95. The van der Waals surface area contributed by atoms with E-state index in [0.29, 0.717) is 29.0 Å². The van der Waals surface area contributed by atoms with Crippen molar-refractivity contribution in [1.29, 1.82) is 0 Å². The summed E-state index contributed by atoms with van der Waals surface area (Å²) in [6.45, 7) is 8.61. The number of H-pyrrole nitrogens is 1. The molecule has 8 heteroatoms. The second-order valence-corrected chi connectivity index (χ2v) is 8.11. The highest BCUT2D eigenvalue weighted by molar-refractivity contribution is 5.78. The van der Waals surface area contributed by atoms with E-state index in [1.54, 1.807) is 24.1 Å². The molecule has 2 bridgehead atoms. The molecular formula is C18H23N5O3. The van der Waals surface area contributed by atoms with E-state index in [4.69, 9.17) is 4.74 Å². The number of piperazine rings is 1. The number of carbonyl (C=O) groups excluding carboxylic acids is 1. The Hall–Kier alpha value is -2.48. The first-order valence-electron chi connectivity index (χ1n) is 8.80. The first-order chi connectivity index (χ1) is 12.2. The maximum atomic E-state index is 12.8. The Labute approximate surface area is 151 Å². The van der Waals surface area contributed by atoms with Gasteiger partial charge in [-0.3, -0.25) is 14.7 Å². The van der Waals surface area contributed by atoms with E-state index in [0.717, 1.165) is 13.0 Å². The number of pyridine rings is 1. The Morgan fingerprint density at radius 2 is 2.19 bits per heavy atom. The number of aromatic amines is 1. The Morgan fingerprint density at radius 3 is 2.88 bits per heavy atom. The van der Waals surface area contributed by atoms with Gasteiger partial charge in [0.15, 0.2) is 0 Å². The average molecular weight is 357 g/mol.